The van der Waals surface area contributed by atoms with E-state index in [1.165, 1.54) is 0 Å². The molecular weight excluding hydrogens is 262 g/mol. The highest BCUT2D eigenvalue weighted by Gasteiger charge is 2.28. The Hall–Kier alpha value is -1.79. The van der Waals surface area contributed by atoms with Crippen molar-refractivity contribution in [2.75, 3.05) is 13.1 Å². The first-order chi connectivity index (χ1) is 9.29. The molecule has 0 heterocycles. The zero-order valence-electron chi connectivity index (χ0n) is 12.0. The number of rotatable bonds is 5. The van der Waals surface area contributed by atoms with Crippen molar-refractivity contribution in [3.63, 3.8) is 0 Å². The van der Waals surface area contributed by atoms with Gasteiger partial charge >= 0.3 is 12.0 Å². The molecule has 0 aromatic rings. The van der Waals surface area contributed by atoms with Gasteiger partial charge in [-0.1, -0.05) is 13.8 Å². The first-order valence-corrected chi connectivity index (χ1v) is 6.85. The van der Waals surface area contributed by atoms with Crippen LogP contribution in [-0.4, -0.2) is 47.0 Å². The fraction of sp³-hybridized carbons (Fsp3) is 0.769. The summed E-state index contributed by atoms with van der Waals surface area (Å²) >= 11 is 0. The molecule has 0 aromatic carbocycles. The van der Waals surface area contributed by atoms with Gasteiger partial charge in [-0.2, -0.15) is 0 Å². The molecule has 3 unspecified atom stereocenters. The molecular formula is C13H23N3O4. The number of nitrogens with two attached hydrogens (primary N) is 1. The zero-order chi connectivity index (χ0) is 15.3. The van der Waals surface area contributed by atoms with Gasteiger partial charge < -0.3 is 21.1 Å². The molecule has 1 rings (SSSR count). The van der Waals surface area contributed by atoms with Crippen LogP contribution >= 0.6 is 0 Å². The summed E-state index contributed by atoms with van der Waals surface area (Å²) in [5.41, 5.74) is 5.03. The van der Waals surface area contributed by atoms with Gasteiger partial charge in [-0.25, -0.2) is 4.79 Å². The van der Waals surface area contributed by atoms with E-state index in [4.69, 9.17) is 10.8 Å². The predicted octanol–water partition coefficient (Wildman–Crippen LogP) is 0.393. The number of carbonyl (C=O) groups excluding carboxylic acids is 2. The van der Waals surface area contributed by atoms with E-state index in [9.17, 15) is 14.4 Å². The smallest absolute Gasteiger partial charge is 0.323 e. The number of carboxylic acid groups (broad SMARTS) is 1. The van der Waals surface area contributed by atoms with E-state index in [0.29, 0.717) is 11.8 Å². The second kappa shape index (κ2) is 7.12. The van der Waals surface area contributed by atoms with Gasteiger partial charge in [-0.3, -0.25) is 9.59 Å². The molecule has 1 aliphatic rings. The van der Waals surface area contributed by atoms with E-state index in [1.54, 1.807) is 0 Å². The molecule has 0 radical (unpaired) electrons. The first-order valence-electron chi connectivity index (χ1n) is 6.85. The molecule has 0 aromatic heterocycles. The van der Waals surface area contributed by atoms with Gasteiger partial charge in [-0.15, -0.1) is 0 Å². The van der Waals surface area contributed by atoms with Crippen LogP contribution in [0, 0.1) is 11.8 Å². The fourth-order valence-electron chi connectivity index (χ4n) is 2.68. The van der Waals surface area contributed by atoms with E-state index in [1.807, 2.05) is 0 Å². The molecule has 0 bridgehead atoms. The molecule has 7 nitrogen and oxygen atoms in total. The van der Waals surface area contributed by atoms with Gasteiger partial charge in [0.25, 0.3) is 0 Å². The number of nitrogens with zero attached hydrogens (tertiary/aromatic N) is 1. The summed E-state index contributed by atoms with van der Waals surface area (Å²) < 4.78 is 0. The molecule has 0 aliphatic heterocycles. The Kier molecular flexibility index (Phi) is 5.79. The molecule has 1 fully saturated rings. The Morgan fingerprint density at radius 1 is 1.25 bits per heavy atom. The van der Waals surface area contributed by atoms with Crippen LogP contribution < -0.4 is 11.1 Å². The maximum absolute atomic E-state index is 12.1. The van der Waals surface area contributed by atoms with Crippen molar-refractivity contribution in [1.29, 1.82) is 0 Å². The molecule has 1 aliphatic carbocycles. The standard InChI is InChI=1S/C13H23N3O4/c1-8-3-4-10(9(2)5-8)15-13(20)16(6-11(14)17)7-12(18)19/h8-10H,3-7H2,1-2H3,(H2,14,17)(H,15,20)(H,18,19). The van der Waals surface area contributed by atoms with E-state index in [-0.39, 0.29) is 6.04 Å². The van der Waals surface area contributed by atoms with E-state index in [2.05, 4.69) is 19.2 Å². The lowest BCUT2D eigenvalue weighted by Crippen LogP contribution is -2.51. The quantitative estimate of drug-likeness (QED) is 0.678. The van der Waals surface area contributed by atoms with Gasteiger partial charge in [0.1, 0.15) is 13.1 Å². The third-order valence-electron chi connectivity index (χ3n) is 3.70. The Balaban J connectivity index is 2.60. The van der Waals surface area contributed by atoms with Crippen molar-refractivity contribution in [3.8, 4) is 0 Å². The number of carbonyl (C=O) groups is 3. The van der Waals surface area contributed by atoms with Crippen molar-refractivity contribution < 1.29 is 19.5 Å². The number of primary amides is 1. The highest BCUT2D eigenvalue weighted by atomic mass is 16.4. The largest absolute Gasteiger partial charge is 0.480 e. The second-order valence-electron chi connectivity index (χ2n) is 5.67. The summed E-state index contributed by atoms with van der Waals surface area (Å²) in [5.74, 6) is -0.930. The van der Waals surface area contributed by atoms with E-state index >= 15 is 0 Å². The summed E-state index contributed by atoms with van der Waals surface area (Å²) in [7, 11) is 0. The normalized spacial score (nSPS) is 25.8. The zero-order valence-corrected chi connectivity index (χ0v) is 12.0. The minimum Gasteiger partial charge on any atom is -0.480 e. The third kappa shape index (κ3) is 5.07. The Morgan fingerprint density at radius 3 is 2.40 bits per heavy atom. The van der Waals surface area contributed by atoms with Crippen molar-refractivity contribution in [2.45, 2.75) is 39.2 Å². The predicted molar refractivity (Wildman–Crippen MR) is 72.9 cm³/mol. The summed E-state index contributed by atoms with van der Waals surface area (Å²) in [6.45, 7) is 3.32. The van der Waals surface area contributed by atoms with Crippen molar-refractivity contribution in [2.24, 2.45) is 17.6 Å². The Bertz CT molecular complexity index is 370. The van der Waals surface area contributed by atoms with Crippen molar-refractivity contribution in [3.05, 3.63) is 0 Å². The third-order valence-corrected chi connectivity index (χ3v) is 3.70. The van der Waals surface area contributed by atoms with Crippen LogP contribution in [-0.2, 0) is 9.59 Å². The Labute approximate surface area is 118 Å². The van der Waals surface area contributed by atoms with Crippen molar-refractivity contribution >= 4 is 17.9 Å². The van der Waals surface area contributed by atoms with Gasteiger partial charge in [0.15, 0.2) is 0 Å². The number of nitrogens with one attached hydrogen (secondary N) is 1. The average Bonchev–Trinajstić information content (AvgIpc) is 2.30. The van der Waals surface area contributed by atoms with Crippen LogP contribution in [0.4, 0.5) is 4.79 Å². The van der Waals surface area contributed by atoms with Crippen molar-refractivity contribution in [1.82, 2.24) is 10.2 Å². The highest BCUT2D eigenvalue weighted by Crippen LogP contribution is 2.28. The molecule has 0 spiro atoms. The lowest BCUT2D eigenvalue weighted by Gasteiger charge is -2.34. The topological polar surface area (TPSA) is 113 Å². The number of urea groups is 1. The molecule has 0 saturated heterocycles. The van der Waals surface area contributed by atoms with Gasteiger partial charge in [0.05, 0.1) is 0 Å². The average molecular weight is 285 g/mol. The molecule has 7 heteroatoms. The second-order valence-corrected chi connectivity index (χ2v) is 5.67. The number of carboxylic acids is 1. The Morgan fingerprint density at radius 2 is 1.90 bits per heavy atom. The monoisotopic (exact) mass is 285 g/mol. The molecule has 3 amide bonds. The molecule has 4 N–H and O–H groups in total. The summed E-state index contributed by atoms with van der Waals surface area (Å²) in [5, 5.41) is 11.6. The first kappa shape index (κ1) is 16.3. The van der Waals surface area contributed by atoms with Crippen LogP contribution in [0.25, 0.3) is 0 Å². The number of amides is 3. The molecule has 1 saturated carbocycles. The molecule has 3 atom stereocenters. The van der Waals surface area contributed by atoms with Crippen LogP contribution in [0.1, 0.15) is 33.1 Å². The maximum Gasteiger partial charge on any atom is 0.323 e. The lowest BCUT2D eigenvalue weighted by atomic mass is 9.80. The van der Waals surface area contributed by atoms with Crippen LogP contribution in [0.5, 0.6) is 0 Å². The summed E-state index contributed by atoms with van der Waals surface area (Å²) in [6, 6.07) is -0.527. The van der Waals surface area contributed by atoms with Gasteiger partial charge in [0, 0.05) is 6.04 Å². The summed E-state index contributed by atoms with van der Waals surface area (Å²) in [4.78, 5) is 34.6. The number of hydrogen-bond donors (Lipinski definition) is 3. The van der Waals surface area contributed by atoms with Crippen LogP contribution in [0.15, 0.2) is 0 Å². The maximum atomic E-state index is 12.1. The number of hydrogen-bond acceptors (Lipinski definition) is 3. The summed E-state index contributed by atoms with van der Waals surface area (Å²) in [6.07, 6.45) is 2.93. The van der Waals surface area contributed by atoms with E-state index in [0.717, 1.165) is 24.2 Å². The lowest BCUT2D eigenvalue weighted by molar-refractivity contribution is -0.137. The minimum atomic E-state index is -1.17. The van der Waals surface area contributed by atoms with Gasteiger partial charge in [0.2, 0.25) is 5.91 Å². The van der Waals surface area contributed by atoms with Crippen LogP contribution in [0.3, 0.4) is 0 Å². The fourth-order valence-corrected chi connectivity index (χ4v) is 2.68. The van der Waals surface area contributed by atoms with E-state index < -0.39 is 31.0 Å². The van der Waals surface area contributed by atoms with Gasteiger partial charge in [-0.05, 0) is 31.1 Å². The number of aliphatic carboxylic acids is 1. The molecule has 20 heavy (non-hydrogen) atoms. The minimum absolute atomic E-state index is 0.0165. The highest BCUT2D eigenvalue weighted by molar-refractivity contribution is 5.86. The van der Waals surface area contributed by atoms with Crippen LogP contribution in [0.2, 0.25) is 0 Å². The SMILES string of the molecule is CC1CCC(NC(=O)N(CC(N)=O)CC(=O)O)C(C)C1. The molecule has 114 valence electrons.